The van der Waals surface area contributed by atoms with Crippen molar-refractivity contribution in [3.05, 3.63) is 30.7 Å². The summed E-state index contributed by atoms with van der Waals surface area (Å²) in [5.41, 5.74) is 0.567. The summed E-state index contributed by atoms with van der Waals surface area (Å²) in [6.45, 7) is 1.17. The Hall–Kier alpha value is -3.23. The summed E-state index contributed by atoms with van der Waals surface area (Å²) in [5, 5.41) is 2.89. The predicted molar refractivity (Wildman–Crippen MR) is 102 cm³/mol. The van der Waals surface area contributed by atoms with E-state index < -0.39 is 0 Å². The van der Waals surface area contributed by atoms with Crippen LogP contribution in [0.15, 0.2) is 30.7 Å². The van der Waals surface area contributed by atoms with E-state index in [2.05, 4.69) is 15.3 Å². The lowest BCUT2D eigenvalue weighted by atomic mass is 10.1. The Balaban J connectivity index is 1.58. The number of hydrogen-bond donors (Lipinski definition) is 1. The summed E-state index contributed by atoms with van der Waals surface area (Å²) < 4.78 is 21.7. The molecule has 9 nitrogen and oxygen atoms in total. The van der Waals surface area contributed by atoms with E-state index in [9.17, 15) is 4.79 Å². The first kappa shape index (κ1) is 19.5. The number of nitrogens with one attached hydrogen (secondary N) is 1. The van der Waals surface area contributed by atoms with Crippen molar-refractivity contribution in [2.45, 2.75) is 18.9 Å². The van der Waals surface area contributed by atoms with E-state index in [1.54, 1.807) is 35.6 Å². The Morgan fingerprint density at radius 3 is 2.29 bits per heavy atom. The van der Waals surface area contributed by atoms with Crippen LogP contribution in [-0.4, -0.2) is 61.4 Å². The highest BCUT2D eigenvalue weighted by molar-refractivity contribution is 5.90. The molecular formula is C19H24N4O5. The molecule has 2 amide bonds. The number of carbonyl (C=O) groups is 1. The molecule has 3 rings (SSSR count). The second-order valence-electron chi connectivity index (χ2n) is 6.19. The number of ether oxygens (including phenoxy) is 4. The maximum Gasteiger partial charge on any atom is 0.321 e. The number of urea groups is 1. The molecule has 1 saturated heterocycles. The van der Waals surface area contributed by atoms with Crippen molar-refractivity contribution in [3.8, 4) is 23.1 Å². The van der Waals surface area contributed by atoms with Crippen LogP contribution in [0, 0.1) is 0 Å². The van der Waals surface area contributed by atoms with E-state index in [-0.39, 0.29) is 12.1 Å². The number of aromatic nitrogens is 2. The van der Waals surface area contributed by atoms with Gasteiger partial charge in [-0.1, -0.05) is 0 Å². The van der Waals surface area contributed by atoms with Gasteiger partial charge in [0.15, 0.2) is 11.5 Å². The predicted octanol–water partition coefficient (Wildman–Crippen LogP) is 2.58. The van der Waals surface area contributed by atoms with Crippen LogP contribution in [0.2, 0.25) is 0 Å². The summed E-state index contributed by atoms with van der Waals surface area (Å²) in [4.78, 5) is 22.5. The molecule has 0 unspecified atom stereocenters. The van der Waals surface area contributed by atoms with Gasteiger partial charge in [-0.05, 0) is 0 Å². The highest BCUT2D eigenvalue weighted by atomic mass is 16.5. The molecule has 1 aromatic heterocycles. The van der Waals surface area contributed by atoms with Crippen LogP contribution in [0.25, 0.3) is 0 Å². The van der Waals surface area contributed by atoms with Gasteiger partial charge in [0.1, 0.15) is 6.10 Å². The summed E-state index contributed by atoms with van der Waals surface area (Å²) in [7, 11) is 4.60. The van der Waals surface area contributed by atoms with Crippen molar-refractivity contribution in [2.24, 2.45) is 0 Å². The molecule has 9 heteroatoms. The monoisotopic (exact) mass is 388 g/mol. The number of rotatable bonds is 6. The molecule has 1 aliphatic rings. The van der Waals surface area contributed by atoms with Gasteiger partial charge in [0.2, 0.25) is 11.6 Å². The summed E-state index contributed by atoms with van der Waals surface area (Å²) >= 11 is 0. The first-order chi connectivity index (χ1) is 13.6. The molecule has 2 heterocycles. The van der Waals surface area contributed by atoms with Gasteiger partial charge in [0, 0.05) is 50.5 Å². The molecule has 1 aromatic carbocycles. The Labute approximate surface area is 163 Å². The number of piperidine rings is 1. The zero-order chi connectivity index (χ0) is 19.9. The van der Waals surface area contributed by atoms with Gasteiger partial charge in [-0.15, -0.1) is 0 Å². The largest absolute Gasteiger partial charge is 0.493 e. The Kier molecular flexibility index (Phi) is 6.36. The van der Waals surface area contributed by atoms with E-state index in [4.69, 9.17) is 18.9 Å². The Morgan fingerprint density at radius 2 is 1.75 bits per heavy atom. The maximum absolute atomic E-state index is 12.6. The molecule has 0 atom stereocenters. The van der Waals surface area contributed by atoms with Crippen LogP contribution in [0.3, 0.4) is 0 Å². The smallest absolute Gasteiger partial charge is 0.321 e. The molecule has 0 radical (unpaired) electrons. The van der Waals surface area contributed by atoms with Crippen LogP contribution >= 0.6 is 0 Å². The molecule has 1 aliphatic heterocycles. The Bertz CT molecular complexity index is 769. The quantitative estimate of drug-likeness (QED) is 0.813. The number of amides is 2. The molecular weight excluding hydrogens is 364 g/mol. The van der Waals surface area contributed by atoms with Gasteiger partial charge in [0.05, 0.1) is 33.2 Å². The number of hydrogen-bond acceptors (Lipinski definition) is 7. The van der Waals surface area contributed by atoms with Crippen LogP contribution in [-0.2, 0) is 0 Å². The van der Waals surface area contributed by atoms with E-state index >= 15 is 0 Å². The minimum atomic E-state index is -0.188. The summed E-state index contributed by atoms with van der Waals surface area (Å²) in [6.07, 6.45) is 6.24. The zero-order valence-electron chi connectivity index (χ0n) is 16.2. The molecule has 2 aromatic rings. The minimum absolute atomic E-state index is 0.0157. The number of benzene rings is 1. The topological polar surface area (TPSA) is 95.0 Å². The summed E-state index contributed by atoms with van der Waals surface area (Å²) in [6, 6.07) is 3.21. The minimum Gasteiger partial charge on any atom is -0.493 e. The third-order valence-corrected chi connectivity index (χ3v) is 4.47. The van der Waals surface area contributed by atoms with Crippen molar-refractivity contribution in [2.75, 3.05) is 39.7 Å². The van der Waals surface area contributed by atoms with Gasteiger partial charge in [-0.3, -0.25) is 4.98 Å². The van der Waals surface area contributed by atoms with Crippen molar-refractivity contribution in [1.29, 1.82) is 0 Å². The average molecular weight is 388 g/mol. The fourth-order valence-electron chi connectivity index (χ4n) is 3.05. The van der Waals surface area contributed by atoms with E-state index in [1.807, 2.05) is 0 Å². The van der Waals surface area contributed by atoms with Crippen LogP contribution < -0.4 is 24.3 Å². The lowest BCUT2D eigenvalue weighted by Crippen LogP contribution is -2.43. The first-order valence-corrected chi connectivity index (χ1v) is 8.93. The molecule has 0 spiro atoms. The van der Waals surface area contributed by atoms with Gasteiger partial charge in [-0.25, -0.2) is 9.78 Å². The SMILES string of the molecule is COc1cc(NC(=O)N2CCC(Oc3cnccn3)CC2)cc(OC)c1OC. The highest BCUT2D eigenvalue weighted by Gasteiger charge is 2.25. The third kappa shape index (κ3) is 4.54. The molecule has 28 heavy (non-hydrogen) atoms. The fraction of sp³-hybridized carbons (Fsp3) is 0.421. The number of carbonyl (C=O) groups excluding carboxylic acids is 1. The van der Waals surface area contributed by atoms with Gasteiger partial charge < -0.3 is 29.2 Å². The number of methoxy groups -OCH3 is 3. The van der Waals surface area contributed by atoms with Crippen LogP contribution in [0.1, 0.15) is 12.8 Å². The zero-order valence-corrected chi connectivity index (χ0v) is 16.2. The molecule has 0 aliphatic carbocycles. The standard InChI is InChI=1S/C19H24N4O5/c1-25-15-10-13(11-16(26-2)18(15)27-3)22-19(24)23-8-4-14(5-9-23)28-17-12-20-6-7-21-17/h6-7,10-12,14H,4-5,8-9H2,1-3H3,(H,22,24). The lowest BCUT2D eigenvalue weighted by molar-refractivity contribution is 0.111. The average Bonchev–Trinajstić information content (AvgIpc) is 2.74. The molecule has 1 fully saturated rings. The van der Waals surface area contributed by atoms with Gasteiger partial charge >= 0.3 is 6.03 Å². The molecule has 1 N–H and O–H groups in total. The second kappa shape index (κ2) is 9.12. The third-order valence-electron chi connectivity index (χ3n) is 4.47. The van der Waals surface area contributed by atoms with E-state index in [0.29, 0.717) is 41.9 Å². The molecule has 150 valence electrons. The molecule has 0 saturated carbocycles. The van der Waals surface area contributed by atoms with Crippen molar-refractivity contribution < 1.29 is 23.7 Å². The maximum atomic E-state index is 12.6. The van der Waals surface area contributed by atoms with E-state index in [1.165, 1.54) is 21.3 Å². The van der Waals surface area contributed by atoms with Crippen LogP contribution in [0.5, 0.6) is 23.1 Å². The van der Waals surface area contributed by atoms with Gasteiger partial charge in [-0.2, -0.15) is 0 Å². The lowest BCUT2D eigenvalue weighted by Gasteiger charge is -2.31. The van der Waals surface area contributed by atoms with Crippen LogP contribution in [0.4, 0.5) is 10.5 Å². The van der Waals surface area contributed by atoms with E-state index in [0.717, 1.165) is 12.8 Å². The number of anilines is 1. The number of likely N-dealkylation sites (tertiary alicyclic amines) is 1. The fourth-order valence-corrected chi connectivity index (χ4v) is 3.05. The normalized spacial score (nSPS) is 14.3. The Morgan fingerprint density at radius 1 is 1.07 bits per heavy atom. The second-order valence-corrected chi connectivity index (χ2v) is 6.19. The van der Waals surface area contributed by atoms with Gasteiger partial charge in [0.25, 0.3) is 0 Å². The molecule has 0 bridgehead atoms. The first-order valence-electron chi connectivity index (χ1n) is 8.93. The van der Waals surface area contributed by atoms with Crippen molar-refractivity contribution >= 4 is 11.7 Å². The van der Waals surface area contributed by atoms with Crippen molar-refractivity contribution in [1.82, 2.24) is 14.9 Å². The highest BCUT2D eigenvalue weighted by Crippen LogP contribution is 2.40. The summed E-state index contributed by atoms with van der Waals surface area (Å²) in [5.74, 6) is 1.94. The van der Waals surface area contributed by atoms with Crippen molar-refractivity contribution in [3.63, 3.8) is 0 Å². The number of nitrogens with zero attached hydrogens (tertiary/aromatic N) is 3.